The molecule has 0 radical (unpaired) electrons. The summed E-state index contributed by atoms with van der Waals surface area (Å²) in [5.74, 6) is 0.412. The lowest BCUT2D eigenvalue weighted by molar-refractivity contribution is 0.112. The van der Waals surface area contributed by atoms with E-state index >= 15 is 0 Å². The molecule has 0 aliphatic rings. The first-order valence-electron chi connectivity index (χ1n) is 11.0. The van der Waals surface area contributed by atoms with Crippen LogP contribution in [-0.2, 0) is 6.54 Å². The molecular weight excluding hydrogens is 481 g/mol. The molecule has 8 heteroatoms. The Balaban J connectivity index is 1.42. The number of aromatic nitrogens is 2. The van der Waals surface area contributed by atoms with Crippen molar-refractivity contribution >= 4 is 40.2 Å². The summed E-state index contributed by atoms with van der Waals surface area (Å²) in [6.07, 6.45) is 3.25. The van der Waals surface area contributed by atoms with Crippen LogP contribution in [0.5, 0.6) is 11.6 Å². The van der Waals surface area contributed by atoms with Crippen LogP contribution >= 0.6 is 11.6 Å². The van der Waals surface area contributed by atoms with Crippen LogP contribution in [0.2, 0.25) is 5.02 Å². The first-order chi connectivity index (χ1) is 17.5. The molecule has 0 spiro atoms. The van der Waals surface area contributed by atoms with Gasteiger partial charge in [0.05, 0.1) is 17.3 Å². The number of carbonyl (C=O) groups excluding carboxylic acids is 1. The highest BCUT2D eigenvalue weighted by Crippen LogP contribution is 2.26. The van der Waals surface area contributed by atoms with Crippen molar-refractivity contribution in [3.05, 3.63) is 123 Å². The number of fused-ring (bicyclic) bond motifs is 1. The molecule has 0 fully saturated rings. The lowest BCUT2D eigenvalue weighted by Gasteiger charge is -2.14. The third kappa shape index (κ3) is 5.11. The van der Waals surface area contributed by atoms with Gasteiger partial charge in [-0.3, -0.25) is 9.59 Å². The first-order valence-corrected chi connectivity index (χ1v) is 11.4. The van der Waals surface area contributed by atoms with Gasteiger partial charge in [0.2, 0.25) is 5.88 Å². The quantitative estimate of drug-likeness (QED) is 0.256. The molecule has 0 bridgehead atoms. The summed E-state index contributed by atoms with van der Waals surface area (Å²) in [6.45, 7) is 0.460. The van der Waals surface area contributed by atoms with Gasteiger partial charge in [-0.1, -0.05) is 23.7 Å². The topological polar surface area (TPSA) is 73.2 Å². The fourth-order valence-electron chi connectivity index (χ4n) is 3.81. The molecule has 3 aromatic carbocycles. The summed E-state index contributed by atoms with van der Waals surface area (Å²) < 4.78 is 20.5. The van der Waals surface area contributed by atoms with Gasteiger partial charge in [0.1, 0.15) is 11.6 Å². The van der Waals surface area contributed by atoms with E-state index in [1.165, 1.54) is 12.1 Å². The Hall–Kier alpha value is -4.49. The predicted molar refractivity (Wildman–Crippen MR) is 138 cm³/mol. The lowest BCUT2D eigenvalue weighted by atomic mass is 10.1. The molecule has 5 rings (SSSR count). The molecule has 0 unspecified atom stereocenters. The van der Waals surface area contributed by atoms with Gasteiger partial charge in [0, 0.05) is 40.6 Å². The van der Waals surface area contributed by atoms with Gasteiger partial charge < -0.3 is 14.6 Å². The first kappa shape index (κ1) is 23.3. The van der Waals surface area contributed by atoms with Crippen molar-refractivity contribution in [2.45, 2.75) is 6.54 Å². The number of ether oxygens (including phenoxy) is 1. The van der Waals surface area contributed by atoms with Crippen molar-refractivity contribution in [2.24, 2.45) is 0 Å². The molecule has 0 amide bonds. The van der Waals surface area contributed by atoms with E-state index in [1.54, 1.807) is 42.6 Å². The number of hydrogen-bond donors (Lipinski definition) is 1. The Morgan fingerprint density at radius 3 is 2.42 bits per heavy atom. The van der Waals surface area contributed by atoms with Crippen LogP contribution in [-0.4, -0.2) is 15.8 Å². The van der Waals surface area contributed by atoms with Crippen molar-refractivity contribution in [1.29, 1.82) is 0 Å². The molecule has 0 saturated carbocycles. The molecule has 178 valence electrons. The van der Waals surface area contributed by atoms with E-state index in [9.17, 15) is 14.0 Å². The Morgan fingerprint density at radius 2 is 1.72 bits per heavy atom. The van der Waals surface area contributed by atoms with Gasteiger partial charge in [-0.25, -0.2) is 9.37 Å². The van der Waals surface area contributed by atoms with Crippen molar-refractivity contribution in [3.8, 4) is 11.6 Å². The summed E-state index contributed by atoms with van der Waals surface area (Å²) in [4.78, 5) is 28.2. The Morgan fingerprint density at radius 1 is 0.972 bits per heavy atom. The number of rotatable bonds is 7. The van der Waals surface area contributed by atoms with Gasteiger partial charge in [0.25, 0.3) is 0 Å². The molecular formula is C28H19ClFN3O3. The second-order valence-corrected chi connectivity index (χ2v) is 8.52. The van der Waals surface area contributed by atoms with Gasteiger partial charge in [0.15, 0.2) is 11.7 Å². The largest absolute Gasteiger partial charge is 0.439 e. The maximum atomic E-state index is 13.0. The molecule has 6 nitrogen and oxygen atoms in total. The number of pyridine rings is 2. The van der Waals surface area contributed by atoms with Crippen LogP contribution in [0.1, 0.15) is 15.9 Å². The number of benzene rings is 3. The summed E-state index contributed by atoms with van der Waals surface area (Å²) >= 11 is 6.00. The minimum atomic E-state index is -0.432. The van der Waals surface area contributed by atoms with Crippen LogP contribution in [0, 0.1) is 5.82 Å². The van der Waals surface area contributed by atoms with Crippen LogP contribution in [0.3, 0.4) is 0 Å². The van der Waals surface area contributed by atoms with Crippen molar-refractivity contribution in [3.63, 3.8) is 0 Å². The standard InChI is InChI=1S/C28H19ClFN3O3/c29-20-3-1-18(2-4-20)15-33-16-19(17-34)28(35)25-11-8-23(13-26(25)33)32-22-6-9-24(10-7-22)36-27-12-5-21(30)14-31-27/h1-14,16-17,32H,15H2. The van der Waals surface area contributed by atoms with E-state index in [0.717, 1.165) is 23.1 Å². The average molecular weight is 500 g/mol. The summed E-state index contributed by atoms with van der Waals surface area (Å²) in [6, 6.07) is 22.7. The van der Waals surface area contributed by atoms with Crippen molar-refractivity contribution < 1.29 is 13.9 Å². The van der Waals surface area contributed by atoms with E-state index in [0.29, 0.717) is 40.4 Å². The van der Waals surface area contributed by atoms with Gasteiger partial charge >= 0.3 is 0 Å². The maximum absolute atomic E-state index is 13.0. The normalized spacial score (nSPS) is 10.8. The second-order valence-electron chi connectivity index (χ2n) is 8.08. The monoisotopic (exact) mass is 499 g/mol. The minimum absolute atomic E-state index is 0.100. The molecule has 0 aliphatic carbocycles. The molecule has 0 saturated heterocycles. The molecule has 5 aromatic rings. The fraction of sp³-hybridized carbons (Fsp3) is 0.0357. The average Bonchev–Trinajstić information content (AvgIpc) is 2.89. The van der Waals surface area contributed by atoms with Crippen LogP contribution in [0.4, 0.5) is 15.8 Å². The Kier molecular flexibility index (Phi) is 6.47. The number of carbonyl (C=O) groups is 1. The van der Waals surface area contributed by atoms with Gasteiger partial charge in [-0.15, -0.1) is 0 Å². The SMILES string of the molecule is O=Cc1cn(Cc2ccc(Cl)cc2)c2cc(Nc3ccc(Oc4ccc(F)cn4)cc3)ccc2c1=O. The van der Waals surface area contributed by atoms with E-state index in [4.69, 9.17) is 16.3 Å². The highest BCUT2D eigenvalue weighted by molar-refractivity contribution is 6.30. The van der Waals surface area contributed by atoms with E-state index in [2.05, 4.69) is 10.3 Å². The highest BCUT2D eigenvalue weighted by atomic mass is 35.5. The fourth-order valence-corrected chi connectivity index (χ4v) is 3.93. The summed E-state index contributed by atoms with van der Waals surface area (Å²) in [5.41, 5.74) is 3.02. The number of anilines is 2. The molecule has 0 atom stereocenters. The molecule has 2 aromatic heterocycles. The van der Waals surface area contributed by atoms with E-state index < -0.39 is 5.82 Å². The number of halogens is 2. The lowest BCUT2D eigenvalue weighted by Crippen LogP contribution is -2.15. The van der Waals surface area contributed by atoms with Crippen LogP contribution in [0.15, 0.2) is 96.1 Å². The van der Waals surface area contributed by atoms with E-state index in [1.807, 2.05) is 34.9 Å². The number of nitrogens with zero attached hydrogens (tertiary/aromatic N) is 2. The Labute approximate surface area is 210 Å². The second kappa shape index (κ2) is 10.0. The molecule has 0 aliphatic heterocycles. The highest BCUT2D eigenvalue weighted by Gasteiger charge is 2.11. The molecule has 2 heterocycles. The molecule has 36 heavy (non-hydrogen) atoms. The summed E-state index contributed by atoms with van der Waals surface area (Å²) in [7, 11) is 0. The smallest absolute Gasteiger partial charge is 0.219 e. The zero-order chi connectivity index (χ0) is 25.1. The number of aldehydes is 1. The Bertz CT molecular complexity index is 1600. The zero-order valence-corrected chi connectivity index (χ0v) is 19.6. The van der Waals surface area contributed by atoms with Crippen molar-refractivity contribution in [2.75, 3.05) is 5.32 Å². The molecule has 1 N–H and O–H groups in total. The van der Waals surface area contributed by atoms with Crippen LogP contribution in [0.25, 0.3) is 10.9 Å². The number of nitrogens with one attached hydrogen (secondary N) is 1. The maximum Gasteiger partial charge on any atom is 0.219 e. The third-order valence-corrected chi connectivity index (χ3v) is 5.82. The predicted octanol–water partition coefficient (Wildman–Crippen LogP) is 6.59. The van der Waals surface area contributed by atoms with E-state index in [-0.39, 0.29) is 11.0 Å². The van der Waals surface area contributed by atoms with Gasteiger partial charge in [-0.2, -0.15) is 0 Å². The zero-order valence-electron chi connectivity index (χ0n) is 18.8. The third-order valence-electron chi connectivity index (χ3n) is 5.57. The van der Waals surface area contributed by atoms with Crippen LogP contribution < -0.4 is 15.5 Å². The summed E-state index contributed by atoms with van der Waals surface area (Å²) in [5, 5.41) is 4.40. The minimum Gasteiger partial charge on any atom is -0.439 e. The number of hydrogen-bond acceptors (Lipinski definition) is 5. The van der Waals surface area contributed by atoms with Crippen molar-refractivity contribution in [1.82, 2.24) is 9.55 Å². The van der Waals surface area contributed by atoms with Gasteiger partial charge in [-0.05, 0) is 66.2 Å².